The SMILES string of the molecule is CC(C)Cc1c(C(=O)O)cnn1-c1ccccc1C(C)C. The highest BCUT2D eigenvalue weighted by atomic mass is 16.4. The molecule has 0 unspecified atom stereocenters. The fourth-order valence-corrected chi connectivity index (χ4v) is 2.51. The van der Waals surface area contributed by atoms with Crippen LogP contribution in [0.5, 0.6) is 0 Å². The third-order valence-electron chi connectivity index (χ3n) is 3.49. The Morgan fingerprint density at radius 1 is 1.24 bits per heavy atom. The van der Waals surface area contributed by atoms with E-state index in [2.05, 4.69) is 38.9 Å². The Balaban J connectivity index is 2.62. The van der Waals surface area contributed by atoms with E-state index in [0.717, 1.165) is 11.4 Å². The van der Waals surface area contributed by atoms with Gasteiger partial charge in [0.25, 0.3) is 0 Å². The van der Waals surface area contributed by atoms with Gasteiger partial charge in [-0.1, -0.05) is 45.9 Å². The number of rotatable bonds is 5. The summed E-state index contributed by atoms with van der Waals surface area (Å²) >= 11 is 0. The fourth-order valence-electron chi connectivity index (χ4n) is 2.51. The summed E-state index contributed by atoms with van der Waals surface area (Å²) in [4.78, 5) is 11.4. The van der Waals surface area contributed by atoms with E-state index in [-0.39, 0.29) is 0 Å². The zero-order valence-corrected chi connectivity index (χ0v) is 13.0. The Bertz CT molecular complexity index is 642. The molecule has 1 aromatic carbocycles. The van der Waals surface area contributed by atoms with Gasteiger partial charge in [0, 0.05) is 0 Å². The standard InChI is InChI=1S/C17H22N2O2/c1-11(2)9-16-14(17(20)21)10-18-19(16)15-8-6-5-7-13(15)12(3)4/h5-8,10-12H,9H2,1-4H3,(H,20,21). The molecule has 0 saturated heterocycles. The van der Waals surface area contributed by atoms with E-state index in [1.807, 2.05) is 18.2 Å². The van der Waals surface area contributed by atoms with Crippen LogP contribution in [0.2, 0.25) is 0 Å². The molecule has 0 atom stereocenters. The second-order valence-corrected chi connectivity index (χ2v) is 6.03. The lowest BCUT2D eigenvalue weighted by Gasteiger charge is -2.16. The maximum Gasteiger partial charge on any atom is 0.339 e. The Morgan fingerprint density at radius 2 is 1.90 bits per heavy atom. The number of para-hydroxylation sites is 1. The van der Waals surface area contributed by atoms with Crippen LogP contribution >= 0.6 is 0 Å². The minimum atomic E-state index is -0.918. The second-order valence-electron chi connectivity index (χ2n) is 6.03. The van der Waals surface area contributed by atoms with E-state index in [1.54, 1.807) is 4.68 Å². The summed E-state index contributed by atoms with van der Waals surface area (Å²) in [5, 5.41) is 13.7. The number of carboxylic acid groups (broad SMARTS) is 1. The van der Waals surface area contributed by atoms with Crippen LogP contribution in [-0.2, 0) is 6.42 Å². The smallest absolute Gasteiger partial charge is 0.339 e. The molecule has 1 heterocycles. The highest BCUT2D eigenvalue weighted by Gasteiger charge is 2.20. The Morgan fingerprint density at radius 3 is 2.48 bits per heavy atom. The molecule has 0 aliphatic rings. The van der Waals surface area contributed by atoms with E-state index in [0.29, 0.717) is 23.8 Å². The lowest BCUT2D eigenvalue weighted by atomic mass is 10.00. The van der Waals surface area contributed by atoms with Crippen molar-refractivity contribution in [1.29, 1.82) is 0 Å². The van der Waals surface area contributed by atoms with E-state index in [1.165, 1.54) is 11.8 Å². The van der Waals surface area contributed by atoms with E-state index in [4.69, 9.17) is 0 Å². The van der Waals surface area contributed by atoms with Crippen LogP contribution in [0, 0.1) is 5.92 Å². The molecule has 0 aliphatic carbocycles. The summed E-state index contributed by atoms with van der Waals surface area (Å²) in [7, 11) is 0. The first-order chi connectivity index (χ1) is 9.91. The number of nitrogens with zero attached hydrogens (tertiary/aromatic N) is 2. The number of carbonyl (C=O) groups is 1. The molecule has 0 radical (unpaired) electrons. The van der Waals surface area contributed by atoms with Crippen molar-refractivity contribution in [3.05, 3.63) is 47.3 Å². The van der Waals surface area contributed by atoms with Gasteiger partial charge >= 0.3 is 5.97 Å². The average Bonchev–Trinajstić information content (AvgIpc) is 2.81. The molecule has 0 spiro atoms. The van der Waals surface area contributed by atoms with E-state index in [9.17, 15) is 9.90 Å². The third-order valence-corrected chi connectivity index (χ3v) is 3.49. The van der Waals surface area contributed by atoms with Crippen molar-refractivity contribution >= 4 is 5.97 Å². The Hall–Kier alpha value is -2.10. The molecule has 0 bridgehead atoms. The van der Waals surface area contributed by atoms with Gasteiger partial charge in [-0.15, -0.1) is 0 Å². The first-order valence-electron chi connectivity index (χ1n) is 7.31. The molecule has 4 heteroatoms. The highest BCUT2D eigenvalue weighted by Crippen LogP contribution is 2.25. The summed E-state index contributed by atoms with van der Waals surface area (Å²) in [5.74, 6) is -0.200. The molecule has 0 aliphatic heterocycles. The predicted octanol–water partition coefficient (Wildman–Crippen LogP) is 3.89. The van der Waals surface area contributed by atoms with Crippen LogP contribution in [0.3, 0.4) is 0 Å². The Labute approximate surface area is 125 Å². The van der Waals surface area contributed by atoms with Gasteiger partial charge in [-0.3, -0.25) is 0 Å². The average molecular weight is 286 g/mol. The normalized spacial score (nSPS) is 11.3. The van der Waals surface area contributed by atoms with Crippen molar-refractivity contribution in [2.45, 2.75) is 40.0 Å². The zero-order chi connectivity index (χ0) is 15.6. The molecular weight excluding hydrogens is 264 g/mol. The lowest BCUT2D eigenvalue weighted by molar-refractivity contribution is 0.0695. The van der Waals surface area contributed by atoms with Crippen LogP contribution in [0.4, 0.5) is 0 Å². The quantitative estimate of drug-likeness (QED) is 0.907. The van der Waals surface area contributed by atoms with Crippen LogP contribution in [0.15, 0.2) is 30.5 Å². The van der Waals surface area contributed by atoms with Gasteiger partial charge in [0.15, 0.2) is 0 Å². The zero-order valence-electron chi connectivity index (χ0n) is 13.0. The largest absolute Gasteiger partial charge is 0.478 e. The minimum Gasteiger partial charge on any atom is -0.478 e. The summed E-state index contributed by atoms with van der Waals surface area (Å²) < 4.78 is 1.79. The third kappa shape index (κ3) is 3.15. The molecule has 0 amide bonds. The van der Waals surface area contributed by atoms with Crippen LogP contribution in [0.1, 0.15) is 55.2 Å². The molecular formula is C17H22N2O2. The first kappa shape index (κ1) is 15.3. The molecule has 0 fully saturated rings. The maximum atomic E-state index is 11.4. The number of aromatic carboxylic acids is 1. The maximum absolute atomic E-state index is 11.4. The second kappa shape index (κ2) is 6.12. The van der Waals surface area contributed by atoms with Crippen LogP contribution in [-0.4, -0.2) is 20.9 Å². The van der Waals surface area contributed by atoms with Crippen molar-refractivity contribution in [3.8, 4) is 5.69 Å². The van der Waals surface area contributed by atoms with Gasteiger partial charge in [-0.05, 0) is 29.9 Å². The van der Waals surface area contributed by atoms with Gasteiger partial charge in [0.1, 0.15) is 5.56 Å². The molecule has 4 nitrogen and oxygen atoms in total. The summed E-state index contributed by atoms with van der Waals surface area (Å²) in [5.41, 5.74) is 3.20. The molecule has 112 valence electrons. The molecule has 1 aromatic heterocycles. The summed E-state index contributed by atoms with van der Waals surface area (Å²) in [6.07, 6.45) is 2.14. The topological polar surface area (TPSA) is 55.1 Å². The lowest BCUT2D eigenvalue weighted by Crippen LogP contribution is -2.11. The van der Waals surface area contributed by atoms with Crippen molar-refractivity contribution in [3.63, 3.8) is 0 Å². The monoisotopic (exact) mass is 286 g/mol. The van der Waals surface area contributed by atoms with Gasteiger partial charge < -0.3 is 5.11 Å². The predicted molar refractivity (Wildman–Crippen MR) is 83.2 cm³/mol. The van der Waals surface area contributed by atoms with Gasteiger partial charge in [-0.2, -0.15) is 5.10 Å². The van der Waals surface area contributed by atoms with Crippen molar-refractivity contribution < 1.29 is 9.90 Å². The summed E-state index contributed by atoms with van der Waals surface area (Å²) in [6.45, 7) is 8.42. The highest BCUT2D eigenvalue weighted by molar-refractivity contribution is 5.88. The fraction of sp³-hybridized carbons (Fsp3) is 0.412. The van der Waals surface area contributed by atoms with Crippen molar-refractivity contribution in [2.24, 2.45) is 5.92 Å². The van der Waals surface area contributed by atoms with Crippen molar-refractivity contribution in [2.75, 3.05) is 0 Å². The molecule has 2 aromatic rings. The van der Waals surface area contributed by atoms with E-state index < -0.39 is 5.97 Å². The molecule has 2 rings (SSSR count). The van der Waals surface area contributed by atoms with E-state index >= 15 is 0 Å². The molecule has 0 saturated carbocycles. The minimum absolute atomic E-state index is 0.294. The number of benzene rings is 1. The van der Waals surface area contributed by atoms with Gasteiger partial charge in [0.05, 0.1) is 17.6 Å². The molecule has 21 heavy (non-hydrogen) atoms. The van der Waals surface area contributed by atoms with Gasteiger partial charge in [0.2, 0.25) is 0 Å². The summed E-state index contributed by atoms with van der Waals surface area (Å²) in [6, 6.07) is 8.03. The number of aromatic nitrogens is 2. The number of hydrogen-bond donors (Lipinski definition) is 1. The van der Waals surface area contributed by atoms with Gasteiger partial charge in [-0.25, -0.2) is 9.48 Å². The number of carboxylic acids is 1. The first-order valence-corrected chi connectivity index (χ1v) is 7.31. The van der Waals surface area contributed by atoms with Crippen LogP contribution < -0.4 is 0 Å². The van der Waals surface area contributed by atoms with Crippen LogP contribution in [0.25, 0.3) is 5.69 Å². The molecule has 1 N–H and O–H groups in total. The van der Waals surface area contributed by atoms with Crippen molar-refractivity contribution in [1.82, 2.24) is 9.78 Å². The number of hydrogen-bond acceptors (Lipinski definition) is 2. The Kier molecular flexibility index (Phi) is 4.46.